The number of benzene rings is 1. The van der Waals surface area contributed by atoms with Crippen LogP contribution in [0.3, 0.4) is 0 Å². The number of aliphatic hydroxyl groups is 1. The highest BCUT2D eigenvalue weighted by atomic mass is 19.1. The standard InChI is InChI=1S/C25H27FN4O4/c26-18-3-1-15-2-4-23(32)30-13-16(24(18)25(15)30)12-29-6-5-19(20(31)14-29)28-10-17-9-21-22(11-27-17)34-8-7-33-21/h1-4,9,11,16,19-20,28,31H,5-8,10,12-14H2/t16?,19?,20-/m1/s1. The summed E-state index contributed by atoms with van der Waals surface area (Å²) in [7, 11) is 0. The van der Waals surface area contributed by atoms with Gasteiger partial charge in [0.25, 0.3) is 5.56 Å². The topological polar surface area (TPSA) is 88.9 Å². The number of aromatic nitrogens is 2. The third kappa shape index (κ3) is 3.83. The van der Waals surface area contributed by atoms with Gasteiger partial charge in [0.1, 0.15) is 19.0 Å². The summed E-state index contributed by atoms with van der Waals surface area (Å²) in [5.41, 5.74) is 2.06. The molecule has 3 atom stereocenters. The SMILES string of the molecule is O=c1ccc2ccc(F)c3c2n1CC3CN1CCC(NCc2cc3c(cn2)OCCO3)[C@H](O)C1. The van der Waals surface area contributed by atoms with Crippen LogP contribution in [-0.2, 0) is 13.1 Å². The Morgan fingerprint density at radius 2 is 1.97 bits per heavy atom. The third-order valence-corrected chi connectivity index (χ3v) is 7.12. The molecule has 0 saturated carbocycles. The molecule has 2 unspecified atom stereocenters. The van der Waals surface area contributed by atoms with E-state index in [0.29, 0.717) is 62.0 Å². The molecule has 0 spiro atoms. The highest BCUT2D eigenvalue weighted by molar-refractivity contribution is 5.84. The number of rotatable bonds is 5. The molecule has 2 aromatic heterocycles. The number of β-amino-alcohol motifs (C(OH)–C–C–N with tert-alkyl or cyclic N) is 1. The molecule has 178 valence electrons. The molecule has 5 heterocycles. The Bertz CT molecular complexity index is 1300. The van der Waals surface area contributed by atoms with Crippen molar-refractivity contribution in [1.82, 2.24) is 19.8 Å². The van der Waals surface area contributed by atoms with Gasteiger partial charge in [0.05, 0.1) is 23.5 Å². The van der Waals surface area contributed by atoms with Crippen LogP contribution in [0, 0.1) is 5.82 Å². The molecule has 9 heteroatoms. The molecule has 8 nitrogen and oxygen atoms in total. The van der Waals surface area contributed by atoms with Crippen LogP contribution in [0.1, 0.15) is 23.6 Å². The fourth-order valence-electron chi connectivity index (χ4n) is 5.46. The molecule has 2 N–H and O–H groups in total. The number of pyridine rings is 2. The van der Waals surface area contributed by atoms with E-state index in [2.05, 4.69) is 15.2 Å². The summed E-state index contributed by atoms with van der Waals surface area (Å²) in [5, 5.41) is 15.1. The van der Waals surface area contributed by atoms with Crippen LogP contribution in [0.5, 0.6) is 11.5 Å². The Labute approximate surface area is 195 Å². The summed E-state index contributed by atoms with van der Waals surface area (Å²) in [6.07, 6.45) is 1.88. The van der Waals surface area contributed by atoms with Crippen LogP contribution in [0.15, 0.2) is 41.3 Å². The van der Waals surface area contributed by atoms with E-state index in [1.54, 1.807) is 29.0 Å². The van der Waals surface area contributed by atoms with Gasteiger partial charge >= 0.3 is 0 Å². The summed E-state index contributed by atoms with van der Waals surface area (Å²) in [6, 6.07) is 8.33. The first-order valence-corrected chi connectivity index (χ1v) is 11.8. The number of piperidine rings is 1. The van der Waals surface area contributed by atoms with Crippen LogP contribution >= 0.6 is 0 Å². The second-order valence-electron chi connectivity index (χ2n) is 9.30. The quantitative estimate of drug-likeness (QED) is 0.591. The van der Waals surface area contributed by atoms with E-state index in [0.717, 1.165) is 24.0 Å². The van der Waals surface area contributed by atoms with Gasteiger partial charge in [-0.25, -0.2) is 4.39 Å². The summed E-state index contributed by atoms with van der Waals surface area (Å²) >= 11 is 0. The fourth-order valence-corrected chi connectivity index (χ4v) is 5.46. The van der Waals surface area contributed by atoms with Gasteiger partial charge in [-0.05, 0) is 36.6 Å². The Hall–Kier alpha value is -3.01. The zero-order valence-corrected chi connectivity index (χ0v) is 18.7. The minimum Gasteiger partial charge on any atom is -0.486 e. The number of hydrogen-bond donors (Lipinski definition) is 2. The highest BCUT2D eigenvalue weighted by Gasteiger charge is 2.33. The predicted molar refractivity (Wildman–Crippen MR) is 124 cm³/mol. The van der Waals surface area contributed by atoms with Gasteiger partial charge < -0.3 is 24.5 Å². The molecule has 3 aliphatic rings. The zero-order chi connectivity index (χ0) is 23.2. The summed E-state index contributed by atoms with van der Waals surface area (Å²) in [5.74, 6) is 0.981. The van der Waals surface area contributed by atoms with Crippen LogP contribution in [0.25, 0.3) is 10.9 Å². The molecule has 0 amide bonds. The Kier molecular flexibility index (Phi) is 5.47. The maximum atomic E-state index is 14.8. The van der Waals surface area contributed by atoms with E-state index in [1.807, 2.05) is 6.07 Å². The highest BCUT2D eigenvalue weighted by Crippen LogP contribution is 2.35. The van der Waals surface area contributed by atoms with Crippen LogP contribution in [0.4, 0.5) is 4.39 Å². The summed E-state index contributed by atoms with van der Waals surface area (Å²) in [6.45, 7) is 3.92. The number of ether oxygens (including phenoxy) is 2. The van der Waals surface area contributed by atoms with Crippen molar-refractivity contribution in [2.45, 2.75) is 37.6 Å². The first-order chi connectivity index (χ1) is 16.6. The van der Waals surface area contributed by atoms with Crippen molar-refractivity contribution >= 4 is 10.9 Å². The molecule has 1 fully saturated rings. The van der Waals surface area contributed by atoms with Gasteiger partial charge in [0.15, 0.2) is 11.5 Å². The number of aliphatic hydroxyl groups excluding tert-OH is 1. The van der Waals surface area contributed by atoms with E-state index in [-0.39, 0.29) is 23.3 Å². The predicted octanol–water partition coefficient (Wildman–Crippen LogP) is 1.63. The minimum absolute atomic E-state index is 0.0604. The molecular formula is C25H27FN4O4. The van der Waals surface area contributed by atoms with Gasteiger partial charge in [0.2, 0.25) is 0 Å². The van der Waals surface area contributed by atoms with Crippen molar-refractivity contribution in [3.05, 3.63) is 64.0 Å². The Morgan fingerprint density at radius 3 is 2.82 bits per heavy atom. The first-order valence-electron chi connectivity index (χ1n) is 11.8. The van der Waals surface area contributed by atoms with Crippen molar-refractivity contribution in [3.8, 4) is 11.5 Å². The van der Waals surface area contributed by atoms with E-state index in [1.165, 1.54) is 6.07 Å². The van der Waals surface area contributed by atoms with E-state index in [9.17, 15) is 14.3 Å². The van der Waals surface area contributed by atoms with Crippen molar-refractivity contribution in [2.75, 3.05) is 32.8 Å². The average molecular weight is 467 g/mol. The Balaban J connectivity index is 1.09. The van der Waals surface area contributed by atoms with Gasteiger partial charge in [-0.1, -0.05) is 0 Å². The van der Waals surface area contributed by atoms with Gasteiger partial charge in [-0.2, -0.15) is 0 Å². The number of nitrogens with one attached hydrogen (secondary N) is 1. The molecule has 1 saturated heterocycles. The largest absolute Gasteiger partial charge is 0.486 e. The van der Waals surface area contributed by atoms with Gasteiger partial charge in [-0.3, -0.25) is 14.7 Å². The Morgan fingerprint density at radius 1 is 1.15 bits per heavy atom. The smallest absolute Gasteiger partial charge is 0.251 e. The van der Waals surface area contributed by atoms with Crippen molar-refractivity contribution in [1.29, 1.82) is 0 Å². The van der Waals surface area contributed by atoms with E-state index < -0.39 is 6.10 Å². The lowest BCUT2D eigenvalue weighted by Crippen LogP contribution is -2.53. The molecule has 3 aliphatic heterocycles. The normalized spacial score (nSPS) is 24.0. The van der Waals surface area contributed by atoms with Gasteiger partial charge in [-0.15, -0.1) is 0 Å². The zero-order valence-electron chi connectivity index (χ0n) is 18.7. The molecule has 3 aromatic rings. The lowest BCUT2D eigenvalue weighted by atomic mass is 9.96. The summed E-state index contributed by atoms with van der Waals surface area (Å²) in [4.78, 5) is 19.0. The number of hydrogen-bond acceptors (Lipinski definition) is 7. The molecule has 6 rings (SSSR count). The molecule has 34 heavy (non-hydrogen) atoms. The lowest BCUT2D eigenvalue weighted by Gasteiger charge is -2.37. The second-order valence-corrected chi connectivity index (χ2v) is 9.30. The van der Waals surface area contributed by atoms with E-state index in [4.69, 9.17) is 9.47 Å². The molecular weight excluding hydrogens is 439 g/mol. The maximum Gasteiger partial charge on any atom is 0.251 e. The number of nitrogens with zero attached hydrogens (tertiary/aromatic N) is 3. The summed E-state index contributed by atoms with van der Waals surface area (Å²) < 4.78 is 27.6. The number of halogens is 1. The molecule has 1 aromatic carbocycles. The number of likely N-dealkylation sites (tertiary alicyclic amines) is 1. The van der Waals surface area contributed by atoms with Crippen LogP contribution < -0.4 is 20.3 Å². The second kappa shape index (κ2) is 8.65. The lowest BCUT2D eigenvalue weighted by molar-refractivity contribution is 0.0367. The third-order valence-electron chi connectivity index (χ3n) is 7.12. The van der Waals surface area contributed by atoms with Crippen LogP contribution in [0.2, 0.25) is 0 Å². The van der Waals surface area contributed by atoms with Gasteiger partial charge in [0, 0.05) is 55.8 Å². The van der Waals surface area contributed by atoms with Crippen molar-refractivity contribution in [2.24, 2.45) is 0 Å². The average Bonchev–Trinajstić information content (AvgIpc) is 3.23. The number of fused-ring (bicyclic) bond motifs is 1. The molecule has 0 bridgehead atoms. The first kappa shape index (κ1) is 21.5. The van der Waals surface area contributed by atoms with Crippen molar-refractivity contribution in [3.63, 3.8) is 0 Å². The van der Waals surface area contributed by atoms with E-state index >= 15 is 0 Å². The monoisotopic (exact) mass is 466 g/mol. The molecule has 0 radical (unpaired) electrons. The van der Waals surface area contributed by atoms with Crippen molar-refractivity contribution < 1.29 is 19.0 Å². The minimum atomic E-state index is -0.557. The maximum absolute atomic E-state index is 14.8. The fraction of sp³-hybridized carbons (Fsp3) is 0.440. The molecule has 0 aliphatic carbocycles. The van der Waals surface area contributed by atoms with Crippen LogP contribution in [-0.4, -0.2) is 64.6 Å².